The summed E-state index contributed by atoms with van der Waals surface area (Å²) in [7, 11) is 3.01. The first-order valence-electron chi connectivity index (χ1n) is 7.30. The standard InChI is InChI=1S/C16H18FN3O2/c1-19(22-2)16(21)15-13-5-3-4-6-14(13)20(18-15)12-9-7-11(17)8-10-12/h7-10H,3-6H2,1-2H3. The zero-order chi connectivity index (χ0) is 15.7. The van der Waals surface area contributed by atoms with Crippen LogP contribution in [0.15, 0.2) is 24.3 Å². The number of rotatable bonds is 3. The Morgan fingerprint density at radius 1 is 1.27 bits per heavy atom. The molecule has 6 heteroatoms. The molecule has 0 bridgehead atoms. The fourth-order valence-corrected chi connectivity index (χ4v) is 2.80. The smallest absolute Gasteiger partial charge is 0.274 e. The molecular weight excluding hydrogens is 285 g/mol. The Hall–Kier alpha value is -2.21. The Bertz CT molecular complexity index is 694. The number of hydrogen-bond donors (Lipinski definition) is 0. The molecule has 0 N–H and O–H groups in total. The summed E-state index contributed by atoms with van der Waals surface area (Å²) in [5, 5.41) is 5.66. The second kappa shape index (κ2) is 5.88. The molecule has 1 aliphatic rings. The summed E-state index contributed by atoms with van der Waals surface area (Å²) in [5.74, 6) is -0.554. The van der Waals surface area contributed by atoms with E-state index < -0.39 is 0 Å². The Morgan fingerprint density at radius 2 is 1.95 bits per heavy atom. The quantitative estimate of drug-likeness (QED) is 0.819. The van der Waals surface area contributed by atoms with Crippen LogP contribution < -0.4 is 0 Å². The minimum absolute atomic E-state index is 0.262. The molecule has 1 heterocycles. The Morgan fingerprint density at radius 3 is 2.64 bits per heavy atom. The number of nitrogens with zero attached hydrogens (tertiary/aromatic N) is 3. The highest BCUT2D eigenvalue weighted by Crippen LogP contribution is 2.27. The van der Waals surface area contributed by atoms with Crippen LogP contribution in [0.3, 0.4) is 0 Å². The van der Waals surface area contributed by atoms with Gasteiger partial charge in [-0.25, -0.2) is 14.1 Å². The van der Waals surface area contributed by atoms with Crippen molar-refractivity contribution in [2.24, 2.45) is 0 Å². The lowest BCUT2D eigenvalue weighted by molar-refractivity contribution is -0.0761. The van der Waals surface area contributed by atoms with E-state index in [1.165, 1.54) is 24.3 Å². The van der Waals surface area contributed by atoms with E-state index in [0.717, 1.165) is 42.6 Å². The van der Waals surface area contributed by atoms with E-state index in [0.29, 0.717) is 5.69 Å². The van der Waals surface area contributed by atoms with E-state index in [9.17, 15) is 9.18 Å². The molecular formula is C16H18FN3O2. The van der Waals surface area contributed by atoms with Crippen LogP contribution in [0.2, 0.25) is 0 Å². The molecule has 1 aromatic carbocycles. The summed E-state index contributed by atoms with van der Waals surface area (Å²) < 4.78 is 14.9. The second-order valence-electron chi connectivity index (χ2n) is 5.35. The van der Waals surface area contributed by atoms with Crippen molar-refractivity contribution in [2.75, 3.05) is 14.2 Å². The lowest BCUT2D eigenvalue weighted by atomic mass is 9.95. The number of hydroxylamine groups is 2. The molecule has 0 spiro atoms. The van der Waals surface area contributed by atoms with Crippen LogP contribution in [-0.2, 0) is 17.7 Å². The van der Waals surface area contributed by atoms with Gasteiger partial charge in [0.05, 0.1) is 12.8 Å². The maximum Gasteiger partial charge on any atom is 0.297 e. The van der Waals surface area contributed by atoms with Crippen molar-refractivity contribution in [3.63, 3.8) is 0 Å². The highest BCUT2D eigenvalue weighted by molar-refractivity contribution is 5.93. The maximum atomic E-state index is 13.1. The normalized spacial score (nSPS) is 13.8. The van der Waals surface area contributed by atoms with Gasteiger partial charge in [-0.2, -0.15) is 5.10 Å². The van der Waals surface area contributed by atoms with Crippen LogP contribution >= 0.6 is 0 Å². The molecule has 22 heavy (non-hydrogen) atoms. The number of carbonyl (C=O) groups is 1. The molecule has 0 aliphatic heterocycles. The van der Waals surface area contributed by atoms with Crippen molar-refractivity contribution in [2.45, 2.75) is 25.7 Å². The third-order valence-corrected chi connectivity index (χ3v) is 4.01. The number of amides is 1. The van der Waals surface area contributed by atoms with Gasteiger partial charge in [-0.3, -0.25) is 9.63 Å². The molecule has 0 saturated carbocycles. The molecule has 0 radical (unpaired) electrons. The van der Waals surface area contributed by atoms with Crippen molar-refractivity contribution in [1.82, 2.24) is 14.8 Å². The lowest BCUT2D eigenvalue weighted by Gasteiger charge is -2.15. The van der Waals surface area contributed by atoms with Crippen molar-refractivity contribution >= 4 is 5.91 Å². The van der Waals surface area contributed by atoms with Crippen molar-refractivity contribution in [3.8, 4) is 5.69 Å². The van der Waals surface area contributed by atoms with Gasteiger partial charge in [0.2, 0.25) is 0 Å². The minimum Gasteiger partial charge on any atom is -0.274 e. The average molecular weight is 303 g/mol. The van der Waals surface area contributed by atoms with Gasteiger partial charge in [0, 0.05) is 18.3 Å². The molecule has 116 valence electrons. The topological polar surface area (TPSA) is 47.4 Å². The first-order chi connectivity index (χ1) is 10.6. The van der Waals surface area contributed by atoms with E-state index in [4.69, 9.17) is 4.84 Å². The van der Waals surface area contributed by atoms with Crippen molar-refractivity contribution in [3.05, 3.63) is 47.0 Å². The molecule has 1 amide bonds. The number of hydrogen-bond acceptors (Lipinski definition) is 3. The van der Waals surface area contributed by atoms with Crippen LogP contribution in [0.5, 0.6) is 0 Å². The number of aromatic nitrogens is 2. The summed E-state index contributed by atoms with van der Waals surface area (Å²) >= 11 is 0. The summed E-state index contributed by atoms with van der Waals surface area (Å²) in [5.41, 5.74) is 3.19. The van der Waals surface area contributed by atoms with Crippen LogP contribution in [-0.4, -0.2) is 34.9 Å². The summed E-state index contributed by atoms with van der Waals surface area (Å²) in [4.78, 5) is 17.4. The van der Waals surface area contributed by atoms with E-state index in [1.807, 2.05) is 0 Å². The van der Waals surface area contributed by atoms with Gasteiger partial charge in [-0.15, -0.1) is 0 Å². The van der Waals surface area contributed by atoms with Crippen LogP contribution in [0.4, 0.5) is 4.39 Å². The molecule has 1 aliphatic carbocycles. The predicted molar refractivity (Wildman–Crippen MR) is 79.3 cm³/mol. The SMILES string of the molecule is CON(C)C(=O)c1nn(-c2ccc(F)cc2)c2c1CCCC2. The summed E-state index contributed by atoms with van der Waals surface area (Å²) in [6, 6.07) is 6.14. The van der Waals surface area contributed by atoms with Gasteiger partial charge in [-0.05, 0) is 49.9 Å². The number of benzene rings is 1. The molecule has 3 rings (SSSR count). The van der Waals surface area contributed by atoms with Gasteiger partial charge in [-0.1, -0.05) is 0 Å². The third-order valence-electron chi connectivity index (χ3n) is 4.01. The molecule has 0 saturated heterocycles. The number of halogens is 1. The first-order valence-corrected chi connectivity index (χ1v) is 7.30. The van der Waals surface area contributed by atoms with Gasteiger partial charge < -0.3 is 0 Å². The Kier molecular flexibility index (Phi) is 3.94. The van der Waals surface area contributed by atoms with Gasteiger partial charge in [0.15, 0.2) is 5.69 Å². The molecule has 0 unspecified atom stereocenters. The lowest BCUT2D eigenvalue weighted by Crippen LogP contribution is -2.27. The van der Waals surface area contributed by atoms with Crippen LogP contribution in [0.1, 0.15) is 34.6 Å². The van der Waals surface area contributed by atoms with E-state index in [-0.39, 0.29) is 11.7 Å². The number of fused-ring (bicyclic) bond motifs is 1. The highest BCUT2D eigenvalue weighted by Gasteiger charge is 2.27. The Balaban J connectivity index is 2.09. The van der Waals surface area contributed by atoms with Gasteiger partial charge in [0.1, 0.15) is 5.82 Å². The molecule has 5 nitrogen and oxygen atoms in total. The summed E-state index contributed by atoms with van der Waals surface area (Å²) in [6.45, 7) is 0. The third kappa shape index (κ3) is 2.50. The summed E-state index contributed by atoms with van der Waals surface area (Å²) in [6.07, 6.45) is 3.80. The fraction of sp³-hybridized carbons (Fsp3) is 0.375. The monoisotopic (exact) mass is 303 g/mol. The van der Waals surface area contributed by atoms with Gasteiger partial charge in [0.25, 0.3) is 5.91 Å². The van der Waals surface area contributed by atoms with Gasteiger partial charge >= 0.3 is 0 Å². The zero-order valence-corrected chi connectivity index (χ0v) is 12.7. The van der Waals surface area contributed by atoms with E-state index in [1.54, 1.807) is 23.9 Å². The maximum absolute atomic E-state index is 13.1. The Labute approximate surface area is 128 Å². The fourth-order valence-electron chi connectivity index (χ4n) is 2.80. The minimum atomic E-state index is -0.291. The van der Waals surface area contributed by atoms with Crippen LogP contribution in [0.25, 0.3) is 5.69 Å². The molecule has 2 aromatic rings. The van der Waals surface area contributed by atoms with Crippen molar-refractivity contribution in [1.29, 1.82) is 0 Å². The number of carbonyl (C=O) groups excluding carboxylic acids is 1. The largest absolute Gasteiger partial charge is 0.297 e. The molecule has 1 aromatic heterocycles. The zero-order valence-electron chi connectivity index (χ0n) is 12.7. The highest BCUT2D eigenvalue weighted by atomic mass is 19.1. The predicted octanol–water partition coefficient (Wildman–Crippen LogP) is 2.52. The first kappa shape index (κ1) is 14.7. The molecule has 0 fully saturated rings. The van der Waals surface area contributed by atoms with E-state index in [2.05, 4.69) is 5.10 Å². The van der Waals surface area contributed by atoms with Crippen LogP contribution in [0, 0.1) is 5.82 Å². The average Bonchev–Trinajstić information content (AvgIpc) is 2.94. The second-order valence-corrected chi connectivity index (χ2v) is 5.35. The van der Waals surface area contributed by atoms with E-state index >= 15 is 0 Å². The van der Waals surface area contributed by atoms with Crippen molar-refractivity contribution < 1.29 is 14.0 Å². The molecule has 0 atom stereocenters.